The van der Waals surface area contributed by atoms with Crippen molar-refractivity contribution in [1.29, 1.82) is 0 Å². The fourth-order valence-corrected chi connectivity index (χ4v) is 4.36. The molecule has 0 bridgehead atoms. The number of carbonyl (C=O) groups is 1. The number of benzene rings is 1. The van der Waals surface area contributed by atoms with Gasteiger partial charge in [-0.05, 0) is 32.0 Å². The molecule has 6 nitrogen and oxygen atoms in total. The number of likely N-dealkylation sites (N-methyl/N-ethyl adjacent to an activating group) is 1. The second-order valence-electron chi connectivity index (χ2n) is 7.24. The van der Waals surface area contributed by atoms with Gasteiger partial charge in [-0.1, -0.05) is 29.5 Å². The van der Waals surface area contributed by atoms with E-state index >= 15 is 0 Å². The molecule has 3 aromatic rings. The number of rotatable bonds is 5. The molecule has 1 saturated heterocycles. The molecule has 0 aliphatic carbocycles. The van der Waals surface area contributed by atoms with Crippen molar-refractivity contribution in [3.05, 3.63) is 47.1 Å². The largest absolute Gasteiger partial charge is 0.361 e. The number of para-hydroxylation sites is 1. The molecule has 2 aromatic heterocycles. The number of thiazole rings is 1. The standard InChI is InChI=1S/C20H25N5OS/c1-14(11-15-12-21-17-6-4-3-5-16(15)17)23-19(26)18-13-22-20(27-18)25-9-7-24(2)8-10-25/h3-6,12-14,21H,7-11H2,1-2H3,(H,23,26). The van der Waals surface area contributed by atoms with Gasteiger partial charge >= 0.3 is 0 Å². The maximum atomic E-state index is 12.6. The lowest BCUT2D eigenvalue weighted by Gasteiger charge is -2.32. The van der Waals surface area contributed by atoms with E-state index in [0.29, 0.717) is 4.88 Å². The van der Waals surface area contributed by atoms with E-state index in [1.807, 2.05) is 25.3 Å². The van der Waals surface area contributed by atoms with E-state index in [1.165, 1.54) is 22.3 Å². The Morgan fingerprint density at radius 2 is 2.07 bits per heavy atom. The Kier molecular flexibility index (Phi) is 5.13. The Morgan fingerprint density at radius 1 is 1.30 bits per heavy atom. The number of fused-ring (bicyclic) bond motifs is 1. The van der Waals surface area contributed by atoms with Gasteiger partial charge < -0.3 is 20.1 Å². The van der Waals surface area contributed by atoms with Crippen molar-refractivity contribution >= 4 is 33.3 Å². The number of carbonyl (C=O) groups excluding carboxylic acids is 1. The SMILES string of the molecule is CC(Cc1c[nH]c2ccccc12)NC(=O)c1cnc(N2CCN(C)CC2)s1. The summed E-state index contributed by atoms with van der Waals surface area (Å²) in [6.45, 7) is 6.03. The second kappa shape index (κ2) is 7.70. The average molecular weight is 384 g/mol. The molecule has 7 heteroatoms. The van der Waals surface area contributed by atoms with Crippen LogP contribution in [-0.2, 0) is 6.42 Å². The number of aromatic nitrogens is 2. The van der Waals surface area contributed by atoms with Crippen molar-refractivity contribution < 1.29 is 4.79 Å². The van der Waals surface area contributed by atoms with Gasteiger partial charge in [0, 0.05) is 49.3 Å². The number of hydrogen-bond acceptors (Lipinski definition) is 5. The Bertz CT molecular complexity index is 925. The number of hydrogen-bond donors (Lipinski definition) is 2. The van der Waals surface area contributed by atoms with Crippen LogP contribution in [0.1, 0.15) is 22.2 Å². The summed E-state index contributed by atoms with van der Waals surface area (Å²) < 4.78 is 0. The fourth-order valence-electron chi connectivity index (χ4n) is 3.49. The van der Waals surface area contributed by atoms with Gasteiger partial charge in [0.25, 0.3) is 5.91 Å². The maximum Gasteiger partial charge on any atom is 0.263 e. The van der Waals surface area contributed by atoms with Gasteiger partial charge in [-0.3, -0.25) is 4.79 Å². The third-order valence-electron chi connectivity index (χ3n) is 5.07. The lowest BCUT2D eigenvalue weighted by molar-refractivity contribution is 0.0944. The number of anilines is 1. The number of piperazine rings is 1. The Balaban J connectivity index is 1.37. The predicted molar refractivity (Wildman–Crippen MR) is 111 cm³/mol. The minimum atomic E-state index is -0.0415. The summed E-state index contributed by atoms with van der Waals surface area (Å²) in [5, 5.41) is 5.27. The molecule has 1 unspecified atom stereocenters. The van der Waals surface area contributed by atoms with Crippen LogP contribution in [0.25, 0.3) is 10.9 Å². The molecule has 4 rings (SSSR count). The summed E-state index contributed by atoms with van der Waals surface area (Å²) >= 11 is 1.48. The van der Waals surface area contributed by atoms with Crippen LogP contribution in [0.15, 0.2) is 36.7 Å². The van der Waals surface area contributed by atoms with E-state index in [4.69, 9.17) is 0 Å². The number of nitrogens with zero attached hydrogens (tertiary/aromatic N) is 3. The van der Waals surface area contributed by atoms with Crippen LogP contribution in [0.2, 0.25) is 0 Å². The van der Waals surface area contributed by atoms with Crippen molar-refractivity contribution in [1.82, 2.24) is 20.2 Å². The number of H-pyrrole nitrogens is 1. The summed E-state index contributed by atoms with van der Waals surface area (Å²) in [7, 11) is 2.13. The zero-order valence-electron chi connectivity index (χ0n) is 15.7. The summed E-state index contributed by atoms with van der Waals surface area (Å²) in [5.41, 5.74) is 2.35. The molecule has 1 aromatic carbocycles. The molecular formula is C20H25N5OS. The van der Waals surface area contributed by atoms with Crippen LogP contribution >= 0.6 is 11.3 Å². The quantitative estimate of drug-likeness (QED) is 0.711. The fraction of sp³-hybridized carbons (Fsp3) is 0.400. The first-order chi connectivity index (χ1) is 13.1. The first-order valence-electron chi connectivity index (χ1n) is 9.35. The monoisotopic (exact) mass is 383 g/mol. The highest BCUT2D eigenvalue weighted by Gasteiger charge is 2.20. The second-order valence-corrected chi connectivity index (χ2v) is 8.24. The summed E-state index contributed by atoms with van der Waals surface area (Å²) in [4.78, 5) is 25.6. The van der Waals surface area contributed by atoms with Gasteiger partial charge in [-0.15, -0.1) is 0 Å². The third-order valence-corrected chi connectivity index (χ3v) is 6.13. The van der Waals surface area contributed by atoms with Gasteiger partial charge in [0.05, 0.1) is 6.20 Å². The molecule has 0 spiro atoms. The minimum absolute atomic E-state index is 0.0415. The first-order valence-corrected chi connectivity index (χ1v) is 10.2. The molecular weight excluding hydrogens is 358 g/mol. The van der Waals surface area contributed by atoms with Crippen LogP contribution in [-0.4, -0.2) is 60.0 Å². The first kappa shape index (κ1) is 18.0. The van der Waals surface area contributed by atoms with Crippen LogP contribution in [0.4, 0.5) is 5.13 Å². The number of amides is 1. The van der Waals surface area contributed by atoms with Crippen molar-refractivity contribution in [2.24, 2.45) is 0 Å². The van der Waals surface area contributed by atoms with E-state index < -0.39 is 0 Å². The molecule has 3 heterocycles. The van der Waals surface area contributed by atoms with Gasteiger partial charge in [-0.25, -0.2) is 4.98 Å². The van der Waals surface area contributed by atoms with Gasteiger partial charge in [0.15, 0.2) is 5.13 Å². The van der Waals surface area contributed by atoms with Gasteiger partial charge in [0.1, 0.15) is 4.88 Å². The van der Waals surface area contributed by atoms with Crippen molar-refractivity contribution in [2.45, 2.75) is 19.4 Å². The minimum Gasteiger partial charge on any atom is -0.361 e. The summed E-state index contributed by atoms with van der Waals surface area (Å²) in [6, 6.07) is 8.29. The van der Waals surface area contributed by atoms with Crippen molar-refractivity contribution in [3.63, 3.8) is 0 Å². The molecule has 0 radical (unpaired) electrons. The van der Waals surface area contributed by atoms with Crippen LogP contribution in [0, 0.1) is 0 Å². The highest BCUT2D eigenvalue weighted by Crippen LogP contribution is 2.24. The summed E-state index contributed by atoms with van der Waals surface area (Å²) in [6.07, 6.45) is 4.53. The molecule has 27 heavy (non-hydrogen) atoms. The number of nitrogens with one attached hydrogen (secondary N) is 2. The van der Waals surface area contributed by atoms with Crippen LogP contribution < -0.4 is 10.2 Å². The topological polar surface area (TPSA) is 64.3 Å². The highest BCUT2D eigenvalue weighted by atomic mass is 32.1. The van der Waals surface area contributed by atoms with E-state index in [2.05, 4.69) is 44.3 Å². The summed E-state index contributed by atoms with van der Waals surface area (Å²) in [5.74, 6) is -0.0415. The molecule has 1 atom stereocenters. The molecule has 0 saturated carbocycles. The average Bonchev–Trinajstić information content (AvgIpc) is 3.30. The van der Waals surface area contributed by atoms with E-state index in [1.54, 1.807) is 6.20 Å². The van der Waals surface area contributed by atoms with Gasteiger partial charge in [-0.2, -0.15) is 0 Å². The normalized spacial score (nSPS) is 16.6. The van der Waals surface area contributed by atoms with E-state index in [9.17, 15) is 4.79 Å². The zero-order chi connectivity index (χ0) is 18.8. The molecule has 1 aliphatic heterocycles. The Labute approximate surface area is 163 Å². The number of aromatic amines is 1. The maximum absolute atomic E-state index is 12.6. The highest BCUT2D eigenvalue weighted by molar-refractivity contribution is 7.17. The smallest absolute Gasteiger partial charge is 0.263 e. The third kappa shape index (κ3) is 3.99. The predicted octanol–water partition coefficient (Wildman–Crippen LogP) is 2.74. The Morgan fingerprint density at radius 3 is 2.89 bits per heavy atom. The molecule has 1 fully saturated rings. The Hall–Kier alpha value is -2.38. The van der Waals surface area contributed by atoms with E-state index in [0.717, 1.165) is 43.2 Å². The van der Waals surface area contributed by atoms with Crippen LogP contribution in [0.3, 0.4) is 0 Å². The molecule has 142 valence electrons. The van der Waals surface area contributed by atoms with Crippen molar-refractivity contribution in [3.8, 4) is 0 Å². The van der Waals surface area contributed by atoms with E-state index in [-0.39, 0.29) is 11.9 Å². The van der Waals surface area contributed by atoms with Gasteiger partial charge in [0.2, 0.25) is 0 Å². The van der Waals surface area contributed by atoms with Crippen LogP contribution in [0.5, 0.6) is 0 Å². The molecule has 1 aliphatic rings. The van der Waals surface area contributed by atoms with Crippen molar-refractivity contribution in [2.75, 3.05) is 38.1 Å². The zero-order valence-corrected chi connectivity index (χ0v) is 16.6. The lowest BCUT2D eigenvalue weighted by atomic mass is 10.1. The lowest BCUT2D eigenvalue weighted by Crippen LogP contribution is -2.44. The molecule has 1 amide bonds. The molecule has 2 N–H and O–H groups in total.